The molecule has 148 valence electrons. The van der Waals surface area contributed by atoms with Crippen LogP contribution < -0.4 is 10.1 Å². The predicted octanol–water partition coefficient (Wildman–Crippen LogP) is 5.88. The molecule has 2 aromatic carbocycles. The highest BCUT2D eigenvalue weighted by Gasteiger charge is 2.19. The van der Waals surface area contributed by atoms with Crippen LogP contribution in [-0.2, 0) is 0 Å². The molecule has 1 N–H and O–H groups in total. The highest BCUT2D eigenvalue weighted by atomic mass is 79.9. The summed E-state index contributed by atoms with van der Waals surface area (Å²) in [7, 11) is 0. The molecule has 0 aliphatic rings. The van der Waals surface area contributed by atoms with Crippen molar-refractivity contribution < 1.29 is 22.7 Å². The van der Waals surface area contributed by atoms with E-state index in [9.17, 15) is 13.6 Å². The van der Waals surface area contributed by atoms with Gasteiger partial charge in [0.15, 0.2) is 11.6 Å². The van der Waals surface area contributed by atoms with E-state index >= 15 is 0 Å². The number of hydrogen-bond acceptors (Lipinski definition) is 6. The van der Waals surface area contributed by atoms with Crippen molar-refractivity contribution in [2.45, 2.75) is 13.5 Å². The van der Waals surface area contributed by atoms with Crippen molar-refractivity contribution in [1.29, 1.82) is 0 Å². The van der Waals surface area contributed by atoms with Crippen LogP contribution >= 0.6 is 27.5 Å². The first-order chi connectivity index (χ1) is 13.9. The molecular weight excluding hydrogens is 468 g/mol. The second-order valence-electron chi connectivity index (χ2n) is 5.98. The standard InChI is InChI=1S/C19H12BrF2N3O3S/c1-9-13-7-4-11(20)8-14(13)28-15(9)17(26)24-19-23-16(25-29-19)10-2-5-12(6-3-10)27-18(21)22/h2-8,18H,1H3,(H,23,24,25,26). The second-order valence-corrected chi connectivity index (χ2v) is 7.64. The summed E-state index contributed by atoms with van der Waals surface area (Å²) in [6.07, 6.45) is 0. The van der Waals surface area contributed by atoms with E-state index in [0.717, 1.165) is 27.0 Å². The van der Waals surface area contributed by atoms with Crippen LogP contribution in [0, 0.1) is 6.92 Å². The van der Waals surface area contributed by atoms with Crippen LogP contribution in [0.15, 0.2) is 51.4 Å². The zero-order valence-electron chi connectivity index (χ0n) is 14.8. The molecule has 0 saturated carbocycles. The molecule has 29 heavy (non-hydrogen) atoms. The molecule has 0 aliphatic heterocycles. The van der Waals surface area contributed by atoms with E-state index in [4.69, 9.17) is 4.42 Å². The maximum Gasteiger partial charge on any atom is 0.387 e. The van der Waals surface area contributed by atoms with Crippen molar-refractivity contribution in [2.75, 3.05) is 5.32 Å². The third-order valence-electron chi connectivity index (χ3n) is 4.09. The highest BCUT2D eigenvalue weighted by Crippen LogP contribution is 2.29. The minimum Gasteiger partial charge on any atom is -0.451 e. The number of aromatic nitrogens is 2. The number of anilines is 1. The number of ether oxygens (including phenoxy) is 1. The van der Waals surface area contributed by atoms with E-state index in [-0.39, 0.29) is 11.5 Å². The molecule has 0 bridgehead atoms. The summed E-state index contributed by atoms with van der Waals surface area (Å²) >= 11 is 4.38. The summed E-state index contributed by atoms with van der Waals surface area (Å²) in [5.41, 5.74) is 1.93. The van der Waals surface area contributed by atoms with Crippen molar-refractivity contribution >= 4 is 49.5 Å². The molecule has 1 amide bonds. The number of furan rings is 1. The van der Waals surface area contributed by atoms with E-state index < -0.39 is 12.5 Å². The Morgan fingerprint density at radius 2 is 2.00 bits per heavy atom. The SMILES string of the molecule is Cc1c(C(=O)Nc2nc(-c3ccc(OC(F)F)cc3)ns2)oc2cc(Br)ccc12. The normalized spacial score (nSPS) is 11.2. The van der Waals surface area contributed by atoms with Crippen molar-refractivity contribution in [2.24, 2.45) is 0 Å². The molecule has 4 aromatic rings. The lowest BCUT2D eigenvalue weighted by atomic mass is 10.1. The Balaban J connectivity index is 1.52. The molecule has 0 radical (unpaired) electrons. The molecule has 0 atom stereocenters. The van der Waals surface area contributed by atoms with E-state index in [2.05, 4.69) is 35.3 Å². The van der Waals surface area contributed by atoms with Gasteiger partial charge in [0.05, 0.1) is 0 Å². The molecule has 0 saturated heterocycles. The van der Waals surface area contributed by atoms with Crippen molar-refractivity contribution in [3.8, 4) is 17.1 Å². The Hall–Kier alpha value is -2.85. The lowest BCUT2D eigenvalue weighted by Crippen LogP contribution is -2.11. The van der Waals surface area contributed by atoms with Crippen LogP contribution in [0.1, 0.15) is 16.1 Å². The number of alkyl halides is 2. The van der Waals surface area contributed by atoms with E-state index in [1.807, 2.05) is 19.1 Å². The molecule has 6 nitrogen and oxygen atoms in total. The van der Waals surface area contributed by atoms with Crippen LogP contribution in [0.2, 0.25) is 0 Å². The first-order valence-corrected chi connectivity index (χ1v) is 9.86. The van der Waals surface area contributed by atoms with Gasteiger partial charge >= 0.3 is 6.61 Å². The Bertz CT molecular complexity index is 1190. The van der Waals surface area contributed by atoms with Gasteiger partial charge in [-0.2, -0.15) is 18.1 Å². The molecule has 0 unspecified atom stereocenters. The fourth-order valence-corrected chi connectivity index (χ4v) is 3.67. The number of rotatable bonds is 5. The maximum absolute atomic E-state index is 12.6. The largest absolute Gasteiger partial charge is 0.451 e. The third kappa shape index (κ3) is 4.13. The van der Waals surface area contributed by atoms with Crippen molar-refractivity contribution in [3.63, 3.8) is 0 Å². The van der Waals surface area contributed by atoms with Crippen LogP contribution in [0.5, 0.6) is 5.75 Å². The van der Waals surface area contributed by atoms with Gasteiger partial charge in [-0.15, -0.1) is 0 Å². The van der Waals surface area contributed by atoms with Gasteiger partial charge in [-0.3, -0.25) is 10.1 Å². The van der Waals surface area contributed by atoms with Crippen LogP contribution in [0.4, 0.5) is 13.9 Å². The van der Waals surface area contributed by atoms with Crippen LogP contribution in [0.3, 0.4) is 0 Å². The number of halogens is 3. The zero-order chi connectivity index (χ0) is 20.5. The molecule has 0 spiro atoms. The summed E-state index contributed by atoms with van der Waals surface area (Å²) in [6, 6.07) is 11.5. The summed E-state index contributed by atoms with van der Waals surface area (Å²) in [6.45, 7) is -1.08. The lowest BCUT2D eigenvalue weighted by Gasteiger charge is -2.04. The van der Waals surface area contributed by atoms with E-state index in [0.29, 0.717) is 22.1 Å². The Kier molecular flexibility index (Phi) is 5.29. The molecule has 0 fully saturated rings. The van der Waals surface area contributed by atoms with Gasteiger partial charge in [-0.05, 0) is 49.4 Å². The topological polar surface area (TPSA) is 77.2 Å². The quantitative estimate of drug-likeness (QED) is 0.386. The summed E-state index contributed by atoms with van der Waals surface area (Å²) in [5.74, 6) is 0.167. The number of nitrogens with zero attached hydrogens (tertiary/aromatic N) is 2. The summed E-state index contributed by atoms with van der Waals surface area (Å²) in [4.78, 5) is 16.9. The number of carbonyl (C=O) groups is 1. The molecule has 2 heterocycles. The fraction of sp³-hybridized carbons (Fsp3) is 0.105. The van der Waals surface area contributed by atoms with Crippen LogP contribution in [0.25, 0.3) is 22.4 Å². The van der Waals surface area contributed by atoms with Gasteiger partial charge < -0.3 is 9.15 Å². The summed E-state index contributed by atoms with van der Waals surface area (Å²) in [5, 5.41) is 3.82. The number of aryl methyl sites for hydroxylation is 1. The average molecular weight is 480 g/mol. The molecule has 10 heteroatoms. The number of fused-ring (bicyclic) bond motifs is 1. The minimum absolute atomic E-state index is 0.0412. The van der Waals surface area contributed by atoms with Crippen LogP contribution in [-0.4, -0.2) is 21.9 Å². The Morgan fingerprint density at radius 3 is 2.72 bits per heavy atom. The number of nitrogens with one attached hydrogen (secondary N) is 1. The minimum atomic E-state index is -2.89. The second kappa shape index (κ2) is 7.88. The fourth-order valence-electron chi connectivity index (χ4n) is 2.75. The Morgan fingerprint density at radius 1 is 1.24 bits per heavy atom. The monoisotopic (exact) mass is 479 g/mol. The van der Waals surface area contributed by atoms with Gasteiger partial charge in [0.2, 0.25) is 5.13 Å². The molecular formula is C19H12BrF2N3O3S. The van der Waals surface area contributed by atoms with Gasteiger partial charge in [0.1, 0.15) is 11.3 Å². The van der Waals surface area contributed by atoms with Crippen molar-refractivity contribution in [1.82, 2.24) is 9.36 Å². The molecule has 2 aromatic heterocycles. The van der Waals surface area contributed by atoms with E-state index in [1.165, 1.54) is 12.1 Å². The number of hydrogen-bond donors (Lipinski definition) is 1. The predicted molar refractivity (Wildman–Crippen MR) is 109 cm³/mol. The van der Waals surface area contributed by atoms with Gasteiger partial charge in [0.25, 0.3) is 5.91 Å². The lowest BCUT2D eigenvalue weighted by molar-refractivity contribution is -0.0498. The smallest absolute Gasteiger partial charge is 0.387 e. The van der Waals surface area contributed by atoms with Gasteiger partial charge in [-0.25, -0.2) is 0 Å². The van der Waals surface area contributed by atoms with Crippen molar-refractivity contribution in [3.05, 3.63) is 58.3 Å². The van der Waals surface area contributed by atoms with E-state index in [1.54, 1.807) is 18.2 Å². The first kappa shape index (κ1) is 19.5. The number of carbonyl (C=O) groups excluding carboxylic acids is 1. The highest BCUT2D eigenvalue weighted by molar-refractivity contribution is 9.10. The molecule has 0 aliphatic carbocycles. The summed E-state index contributed by atoms with van der Waals surface area (Å²) < 4.78 is 39.5. The third-order valence-corrected chi connectivity index (χ3v) is 5.21. The average Bonchev–Trinajstić information content (AvgIpc) is 3.26. The number of benzene rings is 2. The van der Waals surface area contributed by atoms with Gasteiger partial charge in [-0.1, -0.05) is 15.9 Å². The molecule has 4 rings (SSSR count). The maximum atomic E-state index is 12.6. The zero-order valence-corrected chi connectivity index (χ0v) is 17.2. The number of amides is 1. The van der Waals surface area contributed by atoms with Gasteiger partial charge in [0, 0.05) is 32.5 Å². The first-order valence-electron chi connectivity index (χ1n) is 8.29. The Labute approximate surface area is 175 Å².